The molecule has 2 aromatic carbocycles. The molecule has 1 heterocycles. The molecule has 2 amide bonds. The smallest absolute Gasteiger partial charge is 0.407 e. The Kier molecular flexibility index (Phi) is 7.43. The van der Waals surface area contributed by atoms with Crippen LogP contribution in [-0.2, 0) is 14.3 Å². The first-order valence-corrected chi connectivity index (χ1v) is 12.4. The first-order chi connectivity index (χ1) is 16.7. The maximum absolute atomic E-state index is 13.0. The minimum absolute atomic E-state index is 0.00647. The summed E-state index contributed by atoms with van der Waals surface area (Å²) in [5, 5.41) is 12.0. The van der Waals surface area contributed by atoms with Gasteiger partial charge in [0.25, 0.3) is 0 Å². The zero-order chi connectivity index (χ0) is 25.0. The predicted octanol–water partition coefficient (Wildman–Crippen LogP) is 4.80. The van der Waals surface area contributed by atoms with Gasteiger partial charge >= 0.3 is 12.1 Å². The maximum Gasteiger partial charge on any atom is 0.407 e. The summed E-state index contributed by atoms with van der Waals surface area (Å²) >= 11 is 0. The molecule has 1 aliphatic carbocycles. The Morgan fingerprint density at radius 3 is 2.29 bits per heavy atom. The molecule has 0 aromatic heterocycles. The Balaban J connectivity index is 1.30. The Morgan fingerprint density at radius 1 is 1.03 bits per heavy atom. The van der Waals surface area contributed by atoms with E-state index in [9.17, 15) is 19.5 Å². The molecule has 1 saturated heterocycles. The highest BCUT2D eigenvalue weighted by atomic mass is 16.5. The fourth-order valence-electron chi connectivity index (χ4n) is 5.28. The molecule has 35 heavy (non-hydrogen) atoms. The second kappa shape index (κ2) is 10.5. The van der Waals surface area contributed by atoms with Gasteiger partial charge in [0.2, 0.25) is 5.91 Å². The van der Waals surface area contributed by atoms with Crippen LogP contribution in [0.4, 0.5) is 4.79 Å². The molecule has 0 unspecified atom stereocenters. The summed E-state index contributed by atoms with van der Waals surface area (Å²) in [7, 11) is 0. The predicted molar refractivity (Wildman–Crippen MR) is 133 cm³/mol. The number of carbonyl (C=O) groups excluding carboxylic acids is 2. The molecule has 2 aliphatic rings. The van der Waals surface area contributed by atoms with Gasteiger partial charge in [-0.05, 0) is 46.9 Å². The lowest BCUT2D eigenvalue weighted by Crippen LogP contribution is -2.47. The SMILES string of the molecule is CC(C)(CNC(=O)OCC1c2ccccc2-c2ccccc21)CC(=O)N1CCCC[C@@H]1CC(=O)O. The van der Waals surface area contributed by atoms with Gasteiger partial charge in [0.15, 0.2) is 0 Å². The lowest BCUT2D eigenvalue weighted by molar-refractivity contribution is -0.142. The monoisotopic (exact) mass is 478 g/mol. The van der Waals surface area contributed by atoms with Gasteiger partial charge < -0.3 is 20.1 Å². The number of likely N-dealkylation sites (tertiary alicyclic amines) is 1. The van der Waals surface area contributed by atoms with Crippen LogP contribution in [0.1, 0.15) is 63.0 Å². The van der Waals surface area contributed by atoms with E-state index in [4.69, 9.17) is 4.74 Å². The lowest BCUT2D eigenvalue weighted by atomic mass is 9.87. The van der Waals surface area contributed by atoms with Gasteiger partial charge in [-0.15, -0.1) is 0 Å². The quantitative estimate of drug-likeness (QED) is 0.568. The van der Waals surface area contributed by atoms with Crippen LogP contribution in [0.5, 0.6) is 0 Å². The molecule has 0 spiro atoms. The average molecular weight is 479 g/mol. The number of rotatable bonds is 8. The van der Waals surface area contributed by atoms with E-state index >= 15 is 0 Å². The van der Waals surface area contributed by atoms with Crippen molar-refractivity contribution in [3.8, 4) is 11.1 Å². The van der Waals surface area contributed by atoms with Crippen LogP contribution >= 0.6 is 0 Å². The first kappa shape index (κ1) is 24.8. The number of carboxylic acid groups (broad SMARTS) is 1. The number of ether oxygens (including phenoxy) is 1. The van der Waals surface area contributed by atoms with Crippen molar-refractivity contribution in [3.63, 3.8) is 0 Å². The first-order valence-electron chi connectivity index (χ1n) is 12.4. The second-order valence-electron chi connectivity index (χ2n) is 10.4. The van der Waals surface area contributed by atoms with Crippen LogP contribution in [-0.4, -0.2) is 53.7 Å². The molecule has 4 rings (SSSR count). The molecule has 186 valence electrons. The van der Waals surface area contributed by atoms with Crippen LogP contribution in [0.15, 0.2) is 48.5 Å². The minimum Gasteiger partial charge on any atom is -0.481 e. The standard InChI is InChI=1S/C28H34N2O5/c1-28(2,16-25(31)30-14-8-7-9-19(30)15-26(32)33)18-29-27(34)35-17-24-22-12-5-3-10-20(22)21-11-4-6-13-23(21)24/h3-6,10-13,19,24H,7-9,14-18H2,1-2H3,(H,29,34)(H,32,33)/t19-/m1/s1. The third kappa shape index (κ3) is 5.84. The number of alkyl carbamates (subject to hydrolysis) is 1. The summed E-state index contributed by atoms with van der Waals surface area (Å²) in [5.41, 5.74) is 4.18. The summed E-state index contributed by atoms with van der Waals surface area (Å²) < 4.78 is 5.61. The highest BCUT2D eigenvalue weighted by molar-refractivity contribution is 5.80. The number of fused-ring (bicyclic) bond motifs is 3. The number of carboxylic acids is 1. The van der Waals surface area contributed by atoms with Crippen molar-refractivity contribution < 1.29 is 24.2 Å². The molecule has 0 radical (unpaired) electrons. The van der Waals surface area contributed by atoms with Gasteiger partial charge in [0.05, 0.1) is 6.42 Å². The number of nitrogens with zero attached hydrogens (tertiary/aromatic N) is 1. The average Bonchev–Trinajstić information content (AvgIpc) is 3.15. The normalized spacial score (nSPS) is 17.4. The summed E-state index contributed by atoms with van der Waals surface area (Å²) in [6.45, 7) is 4.96. The minimum atomic E-state index is -0.883. The van der Waals surface area contributed by atoms with Crippen molar-refractivity contribution in [2.24, 2.45) is 5.41 Å². The molecule has 0 bridgehead atoms. The Bertz CT molecular complexity index is 1050. The van der Waals surface area contributed by atoms with E-state index in [0.29, 0.717) is 6.54 Å². The third-order valence-corrected chi connectivity index (χ3v) is 7.04. The van der Waals surface area contributed by atoms with Crippen LogP contribution < -0.4 is 5.32 Å². The maximum atomic E-state index is 13.0. The molecule has 2 aromatic rings. The van der Waals surface area contributed by atoms with Gasteiger partial charge in [-0.2, -0.15) is 0 Å². The van der Waals surface area contributed by atoms with Crippen LogP contribution in [0.2, 0.25) is 0 Å². The van der Waals surface area contributed by atoms with Gasteiger partial charge in [-0.25, -0.2) is 4.79 Å². The number of hydrogen-bond acceptors (Lipinski definition) is 4. The van der Waals surface area contributed by atoms with E-state index in [-0.39, 0.29) is 43.9 Å². The molecule has 7 nitrogen and oxygen atoms in total. The fourth-order valence-corrected chi connectivity index (χ4v) is 5.28. The fraction of sp³-hybridized carbons (Fsp3) is 0.464. The van der Waals surface area contributed by atoms with Gasteiger partial charge in [-0.1, -0.05) is 62.4 Å². The zero-order valence-electron chi connectivity index (χ0n) is 20.5. The molecular formula is C28H34N2O5. The van der Waals surface area contributed by atoms with Gasteiger partial charge in [0, 0.05) is 31.5 Å². The van der Waals surface area contributed by atoms with Gasteiger partial charge in [0.1, 0.15) is 6.61 Å². The summed E-state index contributed by atoms with van der Waals surface area (Å²) in [4.78, 5) is 38.4. The third-order valence-electron chi connectivity index (χ3n) is 7.04. The van der Waals surface area contributed by atoms with Crippen molar-refractivity contribution in [2.75, 3.05) is 19.7 Å². The van der Waals surface area contributed by atoms with Crippen molar-refractivity contribution in [1.82, 2.24) is 10.2 Å². The summed E-state index contributed by atoms with van der Waals surface area (Å²) in [6, 6.07) is 16.1. The molecule has 0 saturated carbocycles. The Labute approximate surface area is 206 Å². The topological polar surface area (TPSA) is 95.9 Å². The van der Waals surface area contributed by atoms with Crippen molar-refractivity contribution >= 4 is 18.0 Å². The Morgan fingerprint density at radius 2 is 1.66 bits per heavy atom. The van der Waals surface area contributed by atoms with E-state index in [1.165, 1.54) is 11.1 Å². The largest absolute Gasteiger partial charge is 0.481 e. The number of benzene rings is 2. The lowest BCUT2D eigenvalue weighted by Gasteiger charge is -2.37. The summed E-state index contributed by atoms with van der Waals surface area (Å²) in [5.74, 6) is -0.950. The van der Waals surface area contributed by atoms with E-state index in [0.717, 1.165) is 30.4 Å². The van der Waals surface area contributed by atoms with Crippen LogP contribution in [0, 0.1) is 5.41 Å². The van der Waals surface area contributed by atoms with E-state index in [2.05, 4.69) is 29.6 Å². The second-order valence-corrected chi connectivity index (χ2v) is 10.4. The number of carbonyl (C=O) groups is 3. The van der Waals surface area contributed by atoms with E-state index in [1.807, 2.05) is 38.1 Å². The number of nitrogens with one attached hydrogen (secondary N) is 1. The molecule has 7 heteroatoms. The Hall–Kier alpha value is -3.35. The molecule has 1 atom stereocenters. The highest BCUT2D eigenvalue weighted by Gasteiger charge is 2.33. The zero-order valence-corrected chi connectivity index (χ0v) is 20.5. The van der Waals surface area contributed by atoms with Crippen molar-refractivity contribution in [2.45, 2.75) is 57.9 Å². The van der Waals surface area contributed by atoms with E-state index < -0.39 is 17.5 Å². The molecule has 1 fully saturated rings. The number of aliphatic carboxylic acids is 1. The summed E-state index contributed by atoms with van der Waals surface area (Å²) in [6.07, 6.45) is 2.25. The van der Waals surface area contributed by atoms with Crippen molar-refractivity contribution in [1.29, 1.82) is 0 Å². The molecular weight excluding hydrogens is 444 g/mol. The van der Waals surface area contributed by atoms with Crippen LogP contribution in [0.25, 0.3) is 11.1 Å². The van der Waals surface area contributed by atoms with Gasteiger partial charge in [-0.3, -0.25) is 9.59 Å². The molecule has 2 N–H and O–H groups in total. The highest BCUT2D eigenvalue weighted by Crippen LogP contribution is 2.44. The van der Waals surface area contributed by atoms with E-state index in [1.54, 1.807) is 4.90 Å². The molecule has 1 aliphatic heterocycles. The van der Waals surface area contributed by atoms with Crippen LogP contribution in [0.3, 0.4) is 0 Å². The number of hydrogen-bond donors (Lipinski definition) is 2. The number of amides is 2. The van der Waals surface area contributed by atoms with Crippen molar-refractivity contribution in [3.05, 3.63) is 59.7 Å². The number of piperidine rings is 1.